The number of carboxylic acid groups (broad SMARTS) is 1. The van der Waals surface area contributed by atoms with Crippen molar-refractivity contribution in [3.63, 3.8) is 0 Å². The van der Waals surface area contributed by atoms with Crippen LogP contribution in [0.2, 0.25) is 0 Å². The second kappa shape index (κ2) is 5.48. The lowest BCUT2D eigenvalue weighted by Crippen LogP contribution is -2.54. The van der Waals surface area contributed by atoms with Gasteiger partial charge in [-0.2, -0.15) is 0 Å². The molecular weight excluding hydrogens is 228 g/mol. The Bertz CT molecular complexity index is 400. The van der Waals surface area contributed by atoms with Crippen molar-refractivity contribution in [2.75, 3.05) is 0 Å². The predicted octanol–water partition coefficient (Wildman–Crippen LogP) is 2.52. The molecule has 1 saturated carbocycles. The Morgan fingerprint density at radius 1 is 1.39 bits per heavy atom. The Morgan fingerprint density at radius 3 is 2.67 bits per heavy atom. The van der Waals surface area contributed by atoms with Crippen LogP contribution in [0.5, 0.6) is 0 Å². The summed E-state index contributed by atoms with van der Waals surface area (Å²) in [5, 5.41) is 12.8. The van der Waals surface area contributed by atoms with Crippen LogP contribution >= 0.6 is 0 Å². The molecule has 0 aliphatic heterocycles. The first-order chi connectivity index (χ1) is 8.64. The van der Waals surface area contributed by atoms with E-state index in [0.717, 1.165) is 25.0 Å². The van der Waals surface area contributed by atoms with Crippen LogP contribution in [0.4, 0.5) is 0 Å². The van der Waals surface area contributed by atoms with Gasteiger partial charge in [0.1, 0.15) is 5.54 Å². The van der Waals surface area contributed by atoms with Gasteiger partial charge in [-0.1, -0.05) is 25.3 Å². The van der Waals surface area contributed by atoms with Crippen LogP contribution in [-0.2, 0) is 4.79 Å². The fourth-order valence-electron chi connectivity index (χ4n) is 2.70. The van der Waals surface area contributed by atoms with E-state index in [1.807, 2.05) is 25.1 Å². The van der Waals surface area contributed by atoms with Crippen molar-refractivity contribution in [2.45, 2.75) is 50.6 Å². The van der Waals surface area contributed by atoms with Crippen LogP contribution in [0.15, 0.2) is 24.4 Å². The topological polar surface area (TPSA) is 62.2 Å². The Morgan fingerprint density at radius 2 is 2.11 bits per heavy atom. The zero-order valence-corrected chi connectivity index (χ0v) is 10.7. The lowest BCUT2D eigenvalue weighted by molar-refractivity contribution is -0.146. The molecule has 0 amide bonds. The molecule has 0 spiro atoms. The Balaban J connectivity index is 2.12. The van der Waals surface area contributed by atoms with Crippen LogP contribution in [0, 0.1) is 0 Å². The number of aliphatic carboxylic acids is 1. The van der Waals surface area contributed by atoms with Crippen molar-refractivity contribution < 1.29 is 9.90 Å². The molecule has 1 aromatic heterocycles. The van der Waals surface area contributed by atoms with Gasteiger partial charge in [0.15, 0.2) is 0 Å². The van der Waals surface area contributed by atoms with Crippen molar-refractivity contribution >= 4 is 5.97 Å². The summed E-state index contributed by atoms with van der Waals surface area (Å²) in [6.07, 6.45) is 6.25. The largest absolute Gasteiger partial charge is 0.480 e. The Labute approximate surface area is 107 Å². The zero-order chi connectivity index (χ0) is 13.0. The molecule has 1 fully saturated rings. The van der Waals surface area contributed by atoms with Gasteiger partial charge < -0.3 is 5.11 Å². The highest BCUT2D eigenvalue weighted by Gasteiger charge is 2.40. The summed E-state index contributed by atoms with van der Waals surface area (Å²) in [5.41, 5.74) is 0.124. The van der Waals surface area contributed by atoms with Gasteiger partial charge in [0, 0.05) is 12.2 Å². The molecule has 1 aromatic rings. The van der Waals surface area contributed by atoms with E-state index in [0.29, 0.717) is 12.8 Å². The van der Waals surface area contributed by atoms with Gasteiger partial charge in [-0.25, -0.2) is 0 Å². The molecule has 4 nitrogen and oxygen atoms in total. The van der Waals surface area contributed by atoms with Crippen LogP contribution < -0.4 is 5.32 Å². The van der Waals surface area contributed by atoms with E-state index in [1.54, 1.807) is 6.20 Å². The highest BCUT2D eigenvalue weighted by Crippen LogP contribution is 2.30. The van der Waals surface area contributed by atoms with Gasteiger partial charge >= 0.3 is 5.97 Å². The molecule has 1 unspecified atom stereocenters. The molecule has 0 saturated heterocycles. The van der Waals surface area contributed by atoms with Gasteiger partial charge in [-0.3, -0.25) is 15.1 Å². The number of carbonyl (C=O) groups is 1. The van der Waals surface area contributed by atoms with Gasteiger partial charge in [-0.15, -0.1) is 0 Å². The van der Waals surface area contributed by atoms with E-state index in [1.165, 1.54) is 0 Å². The average molecular weight is 248 g/mol. The van der Waals surface area contributed by atoms with Crippen LogP contribution in [0.25, 0.3) is 0 Å². The quantitative estimate of drug-likeness (QED) is 0.859. The maximum Gasteiger partial charge on any atom is 0.323 e. The van der Waals surface area contributed by atoms with Gasteiger partial charge in [0.05, 0.1) is 5.69 Å². The normalized spacial score (nSPS) is 20.3. The van der Waals surface area contributed by atoms with Gasteiger partial charge in [-0.05, 0) is 31.9 Å². The van der Waals surface area contributed by atoms with E-state index in [-0.39, 0.29) is 6.04 Å². The minimum Gasteiger partial charge on any atom is -0.480 e. The molecule has 0 aromatic carbocycles. The van der Waals surface area contributed by atoms with E-state index in [9.17, 15) is 9.90 Å². The number of pyridine rings is 1. The first-order valence-electron chi connectivity index (χ1n) is 6.56. The molecule has 1 aliphatic rings. The molecule has 1 aliphatic carbocycles. The third-order valence-corrected chi connectivity index (χ3v) is 3.74. The van der Waals surface area contributed by atoms with Gasteiger partial charge in [0.25, 0.3) is 0 Å². The third-order valence-electron chi connectivity index (χ3n) is 3.74. The molecule has 0 bridgehead atoms. The second-order valence-electron chi connectivity index (χ2n) is 5.07. The maximum atomic E-state index is 11.6. The molecule has 98 valence electrons. The number of nitrogens with zero attached hydrogens (tertiary/aromatic N) is 1. The molecule has 1 atom stereocenters. The molecule has 18 heavy (non-hydrogen) atoms. The first-order valence-corrected chi connectivity index (χ1v) is 6.56. The summed E-state index contributed by atoms with van der Waals surface area (Å²) < 4.78 is 0. The lowest BCUT2D eigenvalue weighted by atomic mass is 9.81. The molecule has 4 heteroatoms. The van der Waals surface area contributed by atoms with E-state index >= 15 is 0 Å². The minimum atomic E-state index is -0.769. The fraction of sp³-hybridized carbons (Fsp3) is 0.571. The molecule has 1 heterocycles. The number of nitrogens with one attached hydrogen (secondary N) is 1. The highest BCUT2D eigenvalue weighted by atomic mass is 16.4. The van der Waals surface area contributed by atoms with Crippen molar-refractivity contribution in [3.05, 3.63) is 30.1 Å². The fourth-order valence-corrected chi connectivity index (χ4v) is 2.70. The van der Waals surface area contributed by atoms with Crippen molar-refractivity contribution in [2.24, 2.45) is 0 Å². The van der Waals surface area contributed by atoms with E-state index in [2.05, 4.69) is 10.3 Å². The first kappa shape index (κ1) is 13.0. The monoisotopic (exact) mass is 248 g/mol. The van der Waals surface area contributed by atoms with Crippen LogP contribution in [0.1, 0.15) is 50.8 Å². The molecule has 2 rings (SSSR count). The summed E-state index contributed by atoms with van der Waals surface area (Å²) in [4.78, 5) is 15.8. The number of hydrogen-bond acceptors (Lipinski definition) is 3. The Hall–Kier alpha value is -1.42. The molecule has 0 radical (unpaired) electrons. The maximum absolute atomic E-state index is 11.6. The number of rotatable bonds is 4. The van der Waals surface area contributed by atoms with Crippen LogP contribution in [0.3, 0.4) is 0 Å². The molecular formula is C14H20N2O2. The smallest absolute Gasteiger partial charge is 0.323 e. The zero-order valence-electron chi connectivity index (χ0n) is 10.7. The van der Waals surface area contributed by atoms with E-state index < -0.39 is 11.5 Å². The molecule has 2 N–H and O–H groups in total. The number of hydrogen-bond donors (Lipinski definition) is 2. The van der Waals surface area contributed by atoms with Crippen molar-refractivity contribution in [1.82, 2.24) is 10.3 Å². The highest BCUT2D eigenvalue weighted by molar-refractivity contribution is 5.79. The van der Waals surface area contributed by atoms with Gasteiger partial charge in [0.2, 0.25) is 0 Å². The number of aromatic nitrogens is 1. The third kappa shape index (κ3) is 2.70. The summed E-state index contributed by atoms with van der Waals surface area (Å²) in [6.45, 7) is 1.97. The average Bonchev–Trinajstić information content (AvgIpc) is 2.40. The summed E-state index contributed by atoms with van der Waals surface area (Å²) in [7, 11) is 0. The summed E-state index contributed by atoms with van der Waals surface area (Å²) in [6, 6.07) is 5.68. The van der Waals surface area contributed by atoms with Crippen molar-refractivity contribution in [3.8, 4) is 0 Å². The van der Waals surface area contributed by atoms with Crippen LogP contribution in [-0.4, -0.2) is 21.6 Å². The second-order valence-corrected chi connectivity index (χ2v) is 5.07. The minimum absolute atomic E-state index is 0.0413. The van der Waals surface area contributed by atoms with E-state index in [4.69, 9.17) is 0 Å². The Kier molecular flexibility index (Phi) is 3.97. The summed E-state index contributed by atoms with van der Waals surface area (Å²) in [5.74, 6) is -0.731. The van der Waals surface area contributed by atoms with Crippen molar-refractivity contribution in [1.29, 1.82) is 0 Å². The SMILES string of the molecule is CC(NC1(C(=O)O)CCCCC1)c1ccccn1. The lowest BCUT2D eigenvalue weighted by Gasteiger charge is -2.36. The predicted molar refractivity (Wildman–Crippen MR) is 69.2 cm³/mol. The standard InChI is InChI=1S/C14H20N2O2/c1-11(12-7-3-6-10-15-12)16-14(13(17)18)8-4-2-5-9-14/h3,6-7,10-11,16H,2,4-5,8-9H2,1H3,(H,17,18). The number of carboxylic acids is 1. The summed E-state index contributed by atoms with van der Waals surface area (Å²) >= 11 is 0.